The predicted molar refractivity (Wildman–Crippen MR) is 127 cm³/mol. The van der Waals surface area contributed by atoms with Crippen molar-refractivity contribution >= 4 is 5.69 Å². The Kier molecular flexibility index (Phi) is 8.47. The summed E-state index contributed by atoms with van der Waals surface area (Å²) in [5.74, 6) is 0. The first-order chi connectivity index (χ1) is 16.2. The molecule has 1 fully saturated rings. The van der Waals surface area contributed by atoms with Crippen LogP contribution in [0.15, 0.2) is 91.0 Å². The summed E-state index contributed by atoms with van der Waals surface area (Å²) >= 11 is 0. The molecule has 0 saturated carbocycles. The van der Waals surface area contributed by atoms with Crippen molar-refractivity contribution in [2.45, 2.75) is 37.8 Å². The fraction of sp³-hybridized carbons (Fsp3) is 0.333. The second-order valence-electron chi connectivity index (χ2n) is 7.93. The zero-order valence-corrected chi connectivity index (χ0v) is 19.1. The van der Waals surface area contributed by atoms with Gasteiger partial charge in [-0.1, -0.05) is 78.9 Å². The number of hydrogen-bond acceptors (Lipinski definition) is 6. The van der Waals surface area contributed by atoms with E-state index in [9.17, 15) is 0 Å². The smallest absolute Gasteiger partial charge is 0.186 e. The largest absolute Gasteiger partial charge is 0.368 e. The summed E-state index contributed by atoms with van der Waals surface area (Å²) in [6.07, 6.45) is -1.66. The SMILES string of the molecule is CO[C@@H]1O[C@H](CON(C)c2ccccc2)C(OCc2ccccc2)C1OCc1ccccc1. The minimum Gasteiger partial charge on any atom is -0.368 e. The first-order valence-corrected chi connectivity index (χ1v) is 11.2. The normalized spacial score (nSPS) is 22.4. The average molecular weight is 450 g/mol. The van der Waals surface area contributed by atoms with Crippen molar-refractivity contribution in [1.82, 2.24) is 0 Å². The molecule has 0 radical (unpaired) electrons. The van der Waals surface area contributed by atoms with E-state index in [4.69, 9.17) is 23.8 Å². The molecule has 0 spiro atoms. The molecule has 0 amide bonds. The van der Waals surface area contributed by atoms with E-state index in [1.807, 2.05) is 98.0 Å². The van der Waals surface area contributed by atoms with Gasteiger partial charge in [0.25, 0.3) is 0 Å². The van der Waals surface area contributed by atoms with Gasteiger partial charge in [0, 0.05) is 14.2 Å². The third-order valence-corrected chi connectivity index (χ3v) is 5.62. The zero-order valence-electron chi connectivity index (χ0n) is 19.1. The number of para-hydroxylation sites is 1. The van der Waals surface area contributed by atoms with E-state index >= 15 is 0 Å². The molecule has 6 nitrogen and oxygen atoms in total. The molecule has 0 bridgehead atoms. The van der Waals surface area contributed by atoms with Gasteiger partial charge < -0.3 is 18.9 Å². The third kappa shape index (κ3) is 6.41. The minimum absolute atomic E-state index is 0.301. The van der Waals surface area contributed by atoms with Gasteiger partial charge in [-0.25, -0.2) is 0 Å². The van der Waals surface area contributed by atoms with E-state index in [-0.39, 0.29) is 12.2 Å². The maximum atomic E-state index is 6.34. The van der Waals surface area contributed by atoms with Crippen molar-refractivity contribution in [3.05, 3.63) is 102 Å². The summed E-state index contributed by atoms with van der Waals surface area (Å²) in [5, 5.41) is 1.73. The van der Waals surface area contributed by atoms with Crippen LogP contribution in [-0.2, 0) is 37.0 Å². The quantitative estimate of drug-likeness (QED) is 0.399. The molecule has 4 rings (SSSR count). The lowest BCUT2D eigenvalue weighted by Gasteiger charge is -2.26. The van der Waals surface area contributed by atoms with Gasteiger partial charge in [-0.15, -0.1) is 0 Å². The summed E-state index contributed by atoms with van der Waals surface area (Å²) in [6.45, 7) is 1.19. The number of methoxy groups -OCH3 is 1. The molecule has 3 aromatic carbocycles. The molecule has 1 heterocycles. The van der Waals surface area contributed by atoms with Gasteiger partial charge in [0.05, 0.1) is 18.9 Å². The van der Waals surface area contributed by atoms with E-state index in [2.05, 4.69) is 0 Å². The molecule has 0 N–H and O–H groups in total. The lowest BCUT2D eigenvalue weighted by atomic mass is 10.1. The fourth-order valence-corrected chi connectivity index (χ4v) is 3.82. The van der Waals surface area contributed by atoms with Crippen LogP contribution in [0, 0.1) is 0 Å². The monoisotopic (exact) mass is 449 g/mol. The first-order valence-electron chi connectivity index (χ1n) is 11.2. The van der Waals surface area contributed by atoms with Gasteiger partial charge in [-0.05, 0) is 23.3 Å². The Hall–Kier alpha value is -2.74. The van der Waals surface area contributed by atoms with Gasteiger partial charge in [0.2, 0.25) is 0 Å². The van der Waals surface area contributed by atoms with Gasteiger partial charge in [-0.3, -0.25) is 9.90 Å². The van der Waals surface area contributed by atoms with Crippen molar-refractivity contribution in [3.63, 3.8) is 0 Å². The van der Waals surface area contributed by atoms with Gasteiger partial charge >= 0.3 is 0 Å². The minimum atomic E-state index is -0.551. The van der Waals surface area contributed by atoms with Crippen molar-refractivity contribution in [1.29, 1.82) is 0 Å². The molecular formula is C27H31NO5. The van der Waals surface area contributed by atoms with Crippen LogP contribution in [0.2, 0.25) is 0 Å². The molecule has 0 aliphatic carbocycles. The summed E-state index contributed by atoms with van der Waals surface area (Å²) < 4.78 is 24.4. The third-order valence-electron chi connectivity index (χ3n) is 5.62. The van der Waals surface area contributed by atoms with Crippen LogP contribution in [0.25, 0.3) is 0 Å². The van der Waals surface area contributed by atoms with Crippen LogP contribution in [0.5, 0.6) is 0 Å². The Morgan fingerprint density at radius 1 is 0.727 bits per heavy atom. The van der Waals surface area contributed by atoms with Crippen LogP contribution in [-0.4, -0.2) is 45.4 Å². The summed E-state index contributed by atoms with van der Waals surface area (Å²) in [5.41, 5.74) is 3.12. The Labute approximate surface area is 195 Å². The van der Waals surface area contributed by atoms with Crippen LogP contribution in [0.4, 0.5) is 5.69 Å². The second-order valence-corrected chi connectivity index (χ2v) is 7.93. The van der Waals surface area contributed by atoms with Crippen LogP contribution >= 0.6 is 0 Å². The molecule has 2 unspecified atom stereocenters. The van der Waals surface area contributed by atoms with Crippen molar-refractivity contribution in [2.75, 3.05) is 25.8 Å². The Bertz CT molecular complexity index is 941. The van der Waals surface area contributed by atoms with E-state index in [1.165, 1.54) is 0 Å². The number of ether oxygens (including phenoxy) is 4. The Balaban J connectivity index is 1.45. The lowest BCUT2D eigenvalue weighted by molar-refractivity contribution is -0.170. The molecule has 1 aliphatic rings. The summed E-state index contributed by atoms with van der Waals surface area (Å²) in [7, 11) is 3.50. The number of anilines is 1. The fourth-order valence-electron chi connectivity index (χ4n) is 3.82. The standard InChI is InChI=1S/C27H31NO5/c1-28(23-16-10-5-11-17-23)32-20-24-25(30-18-21-12-6-3-7-13-21)26(27(29-2)33-24)31-19-22-14-8-4-9-15-22/h3-17,24-27H,18-20H2,1-2H3/t24-,25?,26?,27-/m1/s1. The Morgan fingerprint density at radius 2 is 1.24 bits per heavy atom. The van der Waals surface area contributed by atoms with Crippen molar-refractivity contribution in [2.24, 2.45) is 0 Å². The molecule has 1 saturated heterocycles. The molecule has 3 aromatic rings. The summed E-state index contributed by atoms with van der Waals surface area (Å²) in [6, 6.07) is 30.0. The number of hydroxylamine groups is 1. The van der Waals surface area contributed by atoms with Crippen molar-refractivity contribution < 1.29 is 23.8 Å². The highest BCUT2D eigenvalue weighted by atomic mass is 16.7. The molecular weight excluding hydrogens is 418 g/mol. The van der Waals surface area contributed by atoms with E-state index in [1.54, 1.807) is 12.2 Å². The maximum Gasteiger partial charge on any atom is 0.186 e. The highest BCUT2D eigenvalue weighted by molar-refractivity contribution is 5.42. The predicted octanol–water partition coefficient (Wildman–Crippen LogP) is 4.60. The van der Waals surface area contributed by atoms with Gasteiger partial charge in [0.1, 0.15) is 24.9 Å². The van der Waals surface area contributed by atoms with Crippen LogP contribution in [0.3, 0.4) is 0 Å². The molecule has 33 heavy (non-hydrogen) atoms. The number of rotatable bonds is 11. The highest BCUT2D eigenvalue weighted by Gasteiger charge is 2.47. The topological polar surface area (TPSA) is 49.4 Å². The first kappa shape index (κ1) is 23.4. The highest BCUT2D eigenvalue weighted by Crippen LogP contribution is 2.29. The average Bonchev–Trinajstić information content (AvgIpc) is 3.22. The second kappa shape index (κ2) is 11.9. The van der Waals surface area contributed by atoms with Crippen LogP contribution < -0.4 is 5.06 Å². The number of hydrogen-bond donors (Lipinski definition) is 0. The molecule has 0 aromatic heterocycles. The lowest BCUT2D eigenvalue weighted by Crippen LogP contribution is -2.40. The molecule has 174 valence electrons. The van der Waals surface area contributed by atoms with Gasteiger partial charge in [0.15, 0.2) is 6.29 Å². The van der Waals surface area contributed by atoms with E-state index in [0.29, 0.717) is 19.8 Å². The maximum absolute atomic E-state index is 6.34. The molecule has 6 heteroatoms. The van der Waals surface area contributed by atoms with E-state index in [0.717, 1.165) is 16.8 Å². The summed E-state index contributed by atoms with van der Waals surface area (Å²) in [4.78, 5) is 6.02. The number of nitrogens with zero attached hydrogens (tertiary/aromatic N) is 1. The molecule has 1 aliphatic heterocycles. The molecule has 4 atom stereocenters. The van der Waals surface area contributed by atoms with Crippen LogP contribution in [0.1, 0.15) is 11.1 Å². The Morgan fingerprint density at radius 3 is 1.79 bits per heavy atom. The zero-order chi connectivity index (χ0) is 22.9. The van der Waals surface area contributed by atoms with E-state index < -0.39 is 12.4 Å². The van der Waals surface area contributed by atoms with Gasteiger partial charge in [-0.2, -0.15) is 0 Å². The number of benzene rings is 3. The van der Waals surface area contributed by atoms with Crippen molar-refractivity contribution in [3.8, 4) is 0 Å².